The van der Waals surface area contributed by atoms with E-state index in [0.717, 1.165) is 0 Å². The van der Waals surface area contributed by atoms with Crippen LogP contribution in [0, 0.1) is 5.41 Å². The maximum Gasteiger partial charge on any atom is 0.327 e. The lowest BCUT2D eigenvalue weighted by Gasteiger charge is -2.37. The van der Waals surface area contributed by atoms with Crippen LogP contribution in [0.2, 0.25) is 0 Å². The largest absolute Gasteiger partial charge is 0.480 e. The summed E-state index contributed by atoms with van der Waals surface area (Å²) in [6, 6.07) is -0.754. The summed E-state index contributed by atoms with van der Waals surface area (Å²) in [4.78, 5) is 24.9. The minimum absolute atomic E-state index is 0.0430. The molecule has 0 aromatic heterocycles. The van der Waals surface area contributed by atoms with Crippen LogP contribution < -0.4 is 0 Å². The number of hydrogen-bond acceptors (Lipinski definition) is 3. The Morgan fingerprint density at radius 1 is 1.47 bits per heavy atom. The number of nitrogens with zero attached hydrogens (tertiary/aromatic N) is 1. The molecule has 2 saturated heterocycles. The van der Waals surface area contributed by atoms with Gasteiger partial charge in [0.25, 0.3) is 5.91 Å². The van der Waals surface area contributed by atoms with E-state index in [1.807, 2.05) is 40.7 Å². The van der Waals surface area contributed by atoms with Crippen LogP contribution in [0.3, 0.4) is 0 Å². The first-order valence-corrected chi connectivity index (χ1v) is 7.13. The highest BCUT2D eigenvalue weighted by molar-refractivity contribution is 8.01. The number of hydrogen-bond donors (Lipinski definition) is 1. The van der Waals surface area contributed by atoms with Crippen molar-refractivity contribution in [1.29, 1.82) is 0 Å². The molecule has 4 nitrogen and oxygen atoms in total. The third-order valence-corrected chi connectivity index (χ3v) is 4.73. The zero-order chi connectivity index (χ0) is 14.6. The maximum absolute atomic E-state index is 12.1. The highest BCUT2D eigenvalue weighted by Gasteiger charge is 2.61. The van der Waals surface area contributed by atoms with Crippen molar-refractivity contribution in [3.63, 3.8) is 0 Å². The van der Waals surface area contributed by atoms with Gasteiger partial charge >= 0.3 is 5.97 Å². The summed E-state index contributed by atoms with van der Waals surface area (Å²) in [5, 5.41) is 9.12. The van der Waals surface area contributed by atoms with E-state index in [0.29, 0.717) is 5.57 Å². The Morgan fingerprint density at radius 2 is 2.05 bits per heavy atom. The number of carbonyl (C=O) groups is 2. The highest BCUT2D eigenvalue weighted by atomic mass is 32.2. The van der Waals surface area contributed by atoms with Crippen LogP contribution in [0.4, 0.5) is 0 Å². The normalized spacial score (nSPS) is 28.6. The second-order valence-electron chi connectivity index (χ2n) is 6.60. The molecule has 2 heterocycles. The molecule has 0 bridgehead atoms. The number of fused-ring (bicyclic) bond motifs is 1. The molecule has 0 radical (unpaired) electrons. The summed E-state index contributed by atoms with van der Waals surface area (Å²) in [5.41, 5.74) is 3.62. The smallest absolute Gasteiger partial charge is 0.327 e. The number of thioether (sulfide) groups is 1. The number of amides is 1. The number of β-lactam (4-membered cyclic amide) rings is 1. The molecule has 0 saturated carbocycles. The fourth-order valence-corrected chi connectivity index (χ4v) is 3.86. The molecule has 2 aliphatic rings. The molecule has 2 atom stereocenters. The van der Waals surface area contributed by atoms with Crippen molar-refractivity contribution in [1.82, 2.24) is 4.90 Å². The molecular weight excluding hydrogens is 262 g/mol. The number of rotatable bonds is 1. The summed E-state index contributed by atoms with van der Waals surface area (Å²) in [7, 11) is 0. The van der Waals surface area contributed by atoms with Crippen molar-refractivity contribution < 1.29 is 14.7 Å². The Bertz CT molecular complexity index is 509. The summed E-state index contributed by atoms with van der Waals surface area (Å²) in [5.74, 6) is -1.14. The van der Waals surface area contributed by atoms with Crippen LogP contribution in [0.15, 0.2) is 17.4 Å². The molecule has 1 N–H and O–H groups in total. The zero-order valence-corrected chi connectivity index (χ0v) is 12.7. The second kappa shape index (κ2) is 4.15. The Morgan fingerprint density at radius 3 is 2.53 bits per heavy atom. The van der Waals surface area contributed by atoms with Gasteiger partial charge in [-0.05, 0) is 25.3 Å². The lowest BCUT2D eigenvalue weighted by molar-refractivity contribution is -0.152. The first-order valence-electron chi connectivity index (χ1n) is 6.26. The van der Waals surface area contributed by atoms with E-state index in [9.17, 15) is 14.7 Å². The molecule has 2 fully saturated rings. The molecule has 2 aliphatic heterocycles. The van der Waals surface area contributed by atoms with Gasteiger partial charge in [-0.15, -0.1) is 17.5 Å². The zero-order valence-electron chi connectivity index (χ0n) is 11.9. The first-order chi connectivity index (χ1) is 8.54. The molecule has 5 heteroatoms. The van der Waals surface area contributed by atoms with Crippen molar-refractivity contribution in [2.75, 3.05) is 0 Å². The predicted octanol–water partition coefficient (Wildman–Crippen LogP) is 2.26. The summed E-state index contributed by atoms with van der Waals surface area (Å²) < 4.78 is -0.475. The third-order valence-electron chi connectivity index (χ3n) is 3.21. The van der Waals surface area contributed by atoms with Gasteiger partial charge in [0.15, 0.2) is 0 Å². The number of aliphatic carboxylic acids is 1. The van der Waals surface area contributed by atoms with Gasteiger partial charge in [-0.1, -0.05) is 20.8 Å². The molecular formula is C14H19NO3S. The van der Waals surface area contributed by atoms with Crippen molar-refractivity contribution in [3.05, 3.63) is 17.4 Å². The Balaban J connectivity index is 2.34. The fourth-order valence-electron chi connectivity index (χ4n) is 2.32. The van der Waals surface area contributed by atoms with Gasteiger partial charge in [-0.2, -0.15) is 0 Å². The number of carboxylic acids is 1. The van der Waals surface area contributed by atoms with Crippen LogP contribution in [0.25, 0.3) is 0 Å². The molecule has 0 unspecified atom stereocenters. The summed E-state index contributed by atoms with van der Waals surface area (Å²) in [6.07, 6.45) is 1.87. The van der Waals surface area contributed by atoms with E-state index in [1.165, 1.54) is 16.7 Å². The van der Waals surface area contributed by atoms with Crippen LogP contribution in [-0.2, 0) is 9.59 Å². The van der Waals surface area contributed by atoms with Crippen LogP contribution in [-0.4, -0.2) is 38.0 Å². The van der Waals surface area contributed by atoms with E-state index in [-0.39, 0.29) is 16.7 Å². The molecule has 0 aliphatic carbocycles. The standard InChI is InChI=1S/C14H19NO3S/c1-13(2,3)7-6-8-10(16)15-9(12(17)18)14(4,5)19-11(8)15/h7,9,11H,1-5H3,(H,17,18)/t6?,9-,11+/m0/s1. The quantitative estimate of drug-likeness (QED) is 0.455. The monoisotopic (exact) mass is 281 g/mol. The average molecular weight is 281 g/mol. The Kier molecular flexibility index (Phi) is 3.11. The number of carboxylic acid groups (broad SMARTS) is 1. The lowest BCUT2D eigenvalue weighted by Crippen LogP contribution is -2.58. The van der Waals surface area contributed by atoms with E-state index in [2.05, 4.69) is 5.73 Å². The molecule has 1 amide bonds. The van der Waals surface area contributed by atoms with Crippen LogP contribution >= 0.6 is 11.8 Å². The lowest BCUT2D eigenvalue weighted by atomic mass is 9.93. The van der Waals surface area contributed by atoms with Gasteiger partial charge in [0.2, 0.25) is 0 Å². The van der Waals surface area contributed by atoms with Gasteiger partial charge in [0, 0.05) is 4.75 Å². The number of carbonyl (C=O) groups excluding carboxylic acids is 1. The predicted molar refractivity (Wildman–Crippen MR) is 74.8 cm³/mol. The highest BCUT2D eigenvalue weighted by Crippen LogP contribution is 2.52. The molecule has 19 heavy (non-hydrogen) atoms. The Hall–Kier alpha value is -1.19. The summed E-state index contributed by atoms with van der Waals surface area (Å²) >= 11 is 1.52. The van der Waals surface area contributed by atoms with E-state index in [1.54, 1.807) is 0 Å². The molecule has 104 valence electrons. The van der Waals surface area contributed by atoms with Gasteiger partial charge in [0.1, 0.15) is 11.4 Å². The molecule has 0 aromatic rings. The molecule has 0 spiro atoms. The van der Waals surface area contributed by atoms with Gasteiger partial charge in [-0.25, -0.2) is 4.79 Å². The minimum atomic E-state index is -0.938. The van der Waals surface area contributed by atoms with Gasteiger partial charge < -0.3 is 10.0 Å². The first kappa shape index (κ1) is 14.2. The van der Waals surface area contributed by atoms with E-state index < -0.39 is 16.8 Å². The average Bonchev–Trinajstić information content (AvgIpc) is 2.45. The molecule has 2 rings (SSSR count). The second-order valence-corrected chi connectivity index (χ2v) is 8.33. The van der Waals surface area contributed by atoms with Crippen molar-refractivity contribution in [2.45, 2.75) is 50.8 Å². The SMILES string of the molecule is CC(C)(C)C=C=C1C(=O)N2[C@@H]1SC(C)(C)[C@@H]2C(=O)O. The van der Waals surface area contributed by atoms with Crippen molar-refractivity contribution in [3.8, 4) is 0 Å². The third kappa shape index (κ3) is 2.33. The molecule has 0 aromatic carbocycles. The van der Waals surface area contributed by atoms with Crippen molar-refractivity contribution in [2.24, 2.45) is 5.41 Å². The van der Waals surface area contributed by atoms with Gasteiger partial charge in [-0.3, -0.25) is 4.79 Å². The fraction of sp³-hybridized carbons (Fsp3) is 0.643. The van der Waals surface area contributed by atoms with Crippen LogP contribution in [0.5, 0.6) is 0 Å². The van der Waals surface area contributed by atoms with Crippen molar-refractivity contribution >= 4 is 23.6 Å². The van der Waals surface area contributed by atoms with Gasteiger partial charge in [0.05, 0.1) is 5.57 Å². The topological polar surface area (TPSA) is 57.6 Å². The van der Waals surface area contributed by atoms with E-state index in [4.69, 9.17) is 0 Å². The minimum Gasteiger partial charge on any atom is -0.480 e. The van der Waals surface area contributed by atoms with E-state index >= 15 is 0 Å². The summed E-state index contributed by atoms with van der Waals surface area (Å²) in [6.45, 7) is 9.84. The Labute approximate surface area is 117 Å². The maximum atomic E-state index is 12.1. The van der Waals surface area contributed by atoms with Crippen LogP contribution in [0.1, 0.15) is 34.6 Å².